The first-order valence-corrected chi connectivity index (χ1v) is 6.23. The first-order valence-electron chi connectivity index (χ1n) is 6.23. The smallest absolute Gasteiger partial charge is 0.0384 e. The van der Waals surface area contributed by atoms with E-state index in [0.29, 0.717) is 0 Å². The molecule has 2 rings (SSSR count). The minimum atomic E-state index is -0.158. The Morgan fingerprint density at radius 2 is 1.44 bits per heavy atom. The lowest BCUT2D eigenvalue weighted by atomic mass is 9.96. The summed E-state index contributed by atoms with van der Waals surface area (Å²) in [6.07, 6.45) is 0.888. The van der Waals surface area contributed by atoms with Crippen LogP contribution in [0.1, 0.15) is 19.4 Å². The van der Waals surface area contributed by atoms with Crippen LogP contribution in [0.3, 0.4) is 0 Å². The normalized spacial score (nSPS) is 11.3. The molecule has 0 aromatic heterocycles. The van der Waals surface area contributed by atoms with E-state index in [1.807, 2.05) is 32.0 Å². The number of nitrogens with two attached hydrogens (primary N) is 1. The third kappa shape index (κ3) is 3.90. The van der Waals surface area contributed by atoms with E-state index in [4.69, 9.17) is 5.73 Å². The van der Waals surface area contributed by atoms with Gasteiger partial charge in [-0.3, -0.25) is 0 Å². The summed E-state index contributed by atoms with van der Waals surface area (Å²) < 4.78 is 0. The zero-order chi connectivity index (χ0) is 13.0. The van der Waals surface area contributed by atoms with Crippen molar-refractivity contribution in [1.29, 1.82) is 0 Å². The van der Waals surface area contributed by atoms with Crippen LogP contribution in [0, 0.1) is 0 Å². The van der Waals surface area contributed by atoms with Crippen molar-refractivity contribution in [2.75, 3.05) is 5.32 Å². The predicted octanol–water partition coefficient (Wildman–Crippen LogP) is 3.71. The average molecular weight is 240 g/mol. The number of nitrogens with one attached hydrogen (secondary N) is 1. The van der Waals surface area contributed by atoms with Gasteiger partial charge in [0, 0.05) is 16.9 Å². The second-order valence-electron chi connectivity index (χ2n) is 5.35. The van der Waals surface area contributed by atoms with Crippen LogP contribution in [0.4, 0.5) is 11.4 Å². The molecule has 0 aliphatic carbocycles. The molecule has 0 saturated carbocycles. The molecule has 2 aromatic carbocycles. The van der Waals surface area contributed by atoms with Crippen molar-refractivity contribution >= 4 is 11.4 Å². The largest absolute Gasteiger partial charge is 0.356 e. The summed E-state index contributed by atoms with van der Waals surface area (Å²) in [4.78, 5) is 0. The molecule has 2 heteroatoms. The van der Waals surface area contributed by atoms with Crippen LogP contribution in [-0.4, -0.2) is 5.54 Å². The summed E-state index contributed by atoms with van der Waals surface area (Å²) in [5, 5.41) is 3.36. The molecule has 0 bridgehead atoms. The number of para-hydroxylation sites is 1. The van der Waals surface area contributed by atoms with Crippen LogP contribution in [0.15, 0.2) is 54.6 Å². The van der Waals surface area contributed by atoms with E-state index in [0.717, 1.165) is 17.8 Å². The topological polar surface area (TPSA) is 38.0 Å². The Morgan fingerprint density at radius 3 is 2.00 bits per heavy atom. The summed E-state index contributed by atoms with van der Waals surface area (Å²) in [6, 6.07) is 18.6. The lowest BCUT2D eigenvalue weighted by Crippen LogP contribution is -2.34. The maximum atomic E-state index is 6.01. The van der Waals surface area contributed by atoms with E-state index in [2.05, 4.69) is 41.7 Å². The summed E-state index contributed by atoms with van der Waals surface area (Å²) in [7, 11) is 0. The molecule has 0 aliphatic heterocycles. The van der Waals surface area contributed by atoms with Gasteiger partial charge in [0.2, 0.25) is 0 Å². The van der Waals surface area contributed by atoms with E-state index in [1.54, 1.807) is 0 Å². The first kappa shape index (κ1) is 12.7. The number of anilines is 2. The second-order valence-corrected chi connectivity index (χ2v) is 5.35. The third-order valence-electron chi connectivity index (χ3n) is 2.68. The SMILES string of the molecule is CC(C)(N)Cc1ccc(Nc2ccccc2)cc1. The average Bonchev–Trinajstić information content (AvgIpc) is 2.31. The molecular weight excluding hydrogens is 220 g/mol. The summed E-state index contributed by atoms with van der Waals surface area (Å²) in [6.45, 7) is 4.09. The Kier molecular flexibility index (Phi) is 3.68. The standard InChI is InChI=1S/C16H20N2/c1-16(2,17)12-13-8-10-15(11-9-13)18-14-6-4-3-5-7-14/h3-11,18H,12,17H2,1-2H3. The van der Waals surface area contributed by atoms with Crippen molar-refractivity contribution in [2.24, 2.45) is 5.73 Å². The maximum Gasteiger partial charge on any atom is 0.0384 e. The van der Waals surface area contributed by atoms with Gasteiger partial charge >= 0.3 is 0 Å². The van der Waals surface area contributed by atoms with Gasteiger partial charge < -0.3 is 11.1 Å². The highest BCUT2D eigenvalue weighted by Crippen LogP contribution is 2.18. The van der Waals surface area contributed by atoms with E-state index in [-0.39, 0.29) is 5.54 Å². The van der Waals surface area contributed by atoms with Gasteiger partial charge in [0.1, 0.15) is 0 Å². The van der Waals surface area contributed by atoms with Crippen molar-refractivity contribution in [1.82, 2.24) is 0 Å². The van der Waals surface area contributed by atoms with Gasteiger partial charge in [-0.15, -0.1) is 0 Å². The highest BCUT2D eigenvalue weighted by atomic mass is 14.9. The van der Waals surface area contributed by atoms with E-state index < -0.39 is 0 Å². The molecule has 0 spiro atoms. The van der Waals surface area contributed by atoms with Crippen molar-refractivity contribution in [2.45, 2.75) is 25.8 Å². The van der Waals surface area contributed by atoms with E-state index >= 15 is 0 Å². The van der Waals surface area contributed by atoms with Gasteiger partial charge in [0.25, 0.3) is 0 Å². The Hall–Kier alpha value is -1.80. The second kappa shape index (κ2) is 5.23. The lowest BCUT2D eigenvalue weighted by Gasteiger charge is -2.18. The summed E-state index contributed by atoms with van der Waals surface area (Å²) in [5.74, 6) is 0. The van der Waals surface area contributed by atoms with Gasteiger partial charge in [0.05, 0.1) is 0 Å². The fraction of sp³-hybridized carbons (Fsp3) is 0.250. The molecule has 94 valence electrons. The quantitative estimate of drug-likeness (QED) is 0.855. The molecule has 18 heavy (non-hydrogen) atoms. The van der Waals surface area contributed by atoms with Gasteiger partial charge in [0.15, 0.2) is 0 Å². The van der Waals surface area contributed by atoms with Crippen LogP contribution in [-0.2, 0) is 6.42 Å². The molecule has 0 amide bonds. The van der Waals surface area contributed by atoms with Crippen molar-refractivity contribution in [3.63, 3.8) is 0 Å². The minimum Gasteiger partial charge on any atom is -0.356 e. The molecule has 0 saturated heterocycles. The third-order valence-corrected chi connectivity index (χ3v) is 2.68. The Balaban J connectivity index is 2.04. The minimum absolute atomic E-state index is 0.158. The number of hydrogen-bond acceptors (Lipinski definition) is 2. The molecule has 0 atom stereocenters. The Morgan fingerprint density at radius 1 is 0.889 bits per heavy atom. The number of rotatable bonds is 4. The van der Waals surface area contributed by atoms with Gasteiger partial charge in [-0.1, -0.05) is 30.3 Å². The number of hydrogen-bond donors (Lipinski definition) is 2. The van der Waals surface area contributed by atoms with E-state index in [9.17, 15) is 0 Å². The predicted molar refractivity (Wildman–Crippen MR) is 78.1 cm³/mol. The highest BCUT2D eigenvalue weighted by molar-refractivity contribution is 5.59. The zero-order valence-electron chi connectivity index (χ0n) is 11.0. The van der Waals surface area contributed by atoms with Crippen LogP contribution in [0.2, 0.25) is 0 Å². The molecule has 0 aliphatic rings. The molecule has 2 aromatic rings. The monoisotopic (exact) mass is 240 g/mol. The van der Waals surface area contributed by atoms with Crippen molar-refractivity contribution in [3.05, 3.63) is 60.2 Å². The molecule has 0 radical (unpaired) electrons. The Bertz CT molecular complexity index is 481. The number of benzene rings is 2. The first-order chi connectivity index (χ1) is 8.53. The lowest BCUT2D eigenvalue weighted by molar-refractivity contribution is 0.517. The molecule has 3 N–H and O–H groups in total. The van der Waals surface area contributed by atoms with Gasteiger partial charge in [-0.2, -0.15) is 0 Å². The zero-order valence-corrected chi connectivity index (χ0v) is 11.0. The van der Waals surface area contributed by atoms with Gasteiger partial charge in [-0.25, -0.2) is 0 Å². The Labute approximate surface area is 109 Å². The highest BCUT2D eigenvalue weighted by Gasteiger charge is 2.11. The van der Waals surface area contributed by atoms with Gasteiger partial charge in [-0.05, 0) is 50.1 Å². The van der Waals surface area contributed by atoms with Crippen molar-refractivity contribution in [3.8, 4) is 0 Å². The van der Waals surface area contributed by atoms with Crippen molar-refractivity contribution < 1.29 is 0 Å². The molecule has 0 fully saturated rings. The van der Waals surface area contributed by atoms with E-state index in [1.165, 1.54) is 5.56 Å². The molecule has 2 nitrogen and oxygen atoms in total. The molecule has 0 heterocycles. The van der Waals surface area contributed by atoms with Crippen LogP contribution in [0.25, 0.3) is 0 Å². The van der Waals surface area contributed by atoms with Crippen LogP contribution >= 0.6 is 0 Å². The van der Waals surface area contributed by atoms with Crippen LogP contribution < -0.4 is 11.1 Å². The fourth-order valence-corrected chi connectivity index (χ4v) is 1.92. The van der Waals surface area contributed by atoms with Crippen LogP contribution in [0.5, 0.6) is 0 Å². The molecular formula is C16H20N2. The summed E-state index contributed by atoms with van der Waals surface area (Å²) >= 11 is 0. The fourth-order valence-electron chi connectivity index (χ4n) is 1.92. The molecule has 0 unspecified atom stereocenters. The summed E-state index contributed by atoms with van der Waals surface area (Å²) in [5.41, 5.74) is 9.32. The maximum absolute atomic E-state index is 6.01.